The van der Waals surface area contributed by atoms with Gasteiger partial charge in [0.1, 0.15) is 5.60 Å². The van der Waals surface area contributed by atoms with Gasteiger partial charge in [-0.3, -0.25) is 4.79 Å². The topological polar surface area (TPSA) is 52.6 Å². The molecule has 1 fully saturated rings. The summed E-state index contributed by atoms with van der Waals surface area (Å²) >= 11 is 0. The SMILES string of the molecule is CC1=CC2C(C)=C3C(=O)OC(=O)C3C(C)(C)C2(C)O1. The molecule has 3 aliphatic rings. The monoisotopic (exact) mass is 262 g/mol. The van der Waals surface area contributed by atoms with Crippen LogP contribution >= 0.6 is 0 Å². The van der Waals surface area contributed by atoms with E-state index in [1.165, 1.54) is 0 Å². The van der Waals surface area contributed by atoms with Crippen LogP contribution in [-0.4, -0.2) is 17.5 Å². The van der Waals surface area contributed by atoms with Gasteiger partial charge in [-0.2, -0.15) is 0 Å². The molecule has 0 spiro atoms. The van der Waals surface area contributed by atoms with Gasteiger partial charge in [-0.15, -0.1) is 0 Å². The van der Waals surface area contributed by atoms with Gasteiger partial charge < -0.3 is 9.47 Å². The normalized spacial score (nSPS) is 39.5. The number of rotatable bonds is 0. The highest BCUT2D eigenvalue weighted by molar-refractivity contribution is 6.09. The maximum absolute atomic E-state index is 12.0. The summed E-state index contributed by atoms with van der Waals surface area (Å²) in [6.45, 7) is 9.78. The molecular weight excluding hydrogens is 244 g/mol. The molecule has 1 saturated heterocycles. The summed E-state index contributed by atoms with van der Waals surface area (Å²) in [7, 11) is 0. The second-order valence-corrected chi connectivity index (χ2v) is 6.42. The van der Waals surface area contributed by atoms with Crippen molar-refractivity contribution in [1.82, 2.24) is 0 Å². The molecule has 19 heavy (non-hydrogen) atoms. The second kappa shape index (κ2) is 3.30. The Morgan fingerprint density at radius 3 is 2.42 bits per heavy atom. The van der Waals surface area contributed by atoms with Crippen LogP contribution in [0.4, 0.5) is 0 Å². The van der Waals surface area contributed by atoms with Gasteiger partial charge in [-0.25, -0.2) is 4.79 Å². The van der Waals surface area contributed by atoms with Crippen LogP contribution in [0.2, 0.25) is 0 Å². The van der Waals surface area contributed by atoms with Crippen molar-refractivity contribution in [3.8, 4) is 0 Å². The molecule has 2 heterocycles. The van der Waals surface area contributed by atoms with Gasteiger partial charge in [0.25, 0.3) is 0 Å². The van der Waals surface area contributed by atoms with E-state index < -0.39 is 28.9 Å². The van der Waals surface area contributed by atoms with Gasteiger partial charge >= 0.3 is 11.9 Å². The van der Waals surface area contributed by atoms with Gasteiger partial charge in [0, 0.05) is 11.3 Å². The first-order valence-electron chi connectivity index (χ1n) is 6.54. The van der Waals surface area contributed by atoms with Crippen LogP contribution in [0, 0.1) is 17.3 Å². The van der Waals surface area contributed by atoms with Crippen LogP contribution in [0.15, 0.2) is 23.0 Å². The molecule has 102 valence electrons. The minimum Gasteiger partial charge on any atom is -0.491 e. The molecule has 3 rings (SSSR count). The number of cyclic esters (lactones) is 2. The van der Waals surface area contributed by atoms with E-state index in [1.54, 1.807) is 0 Å². The number of carbonyl (C=O) groups excluding carboxylic acids is 2. The molecule has 1 aliphatic carbocycles. The Labute approximate surface area is 112 Å². The van der Waals surface area contributed by atoms with Crippen molar-refractivity contribution in [3.05, 3.63) is 23.0 Å². The number of allylic oxidation sites excluding steroid dienone is 1. The van der Waals surface area contributed by atoms with Crippen LogP contribution in [0.3, 0.4) is 0 Å². The third-order valence-electron chi connectivity index (χ3n) is 5.20. The van der Waals surface area contributed by atoms with Gasteiger partial charge in [0.15, 0.2) is 0 Å². The summed E-state index contributed by atoms with van der Waals surface area (Å²) in [6.07, 6.45) is 2.04. The largest absolute Gasteiger partial charge is 0.491 e. The standard InChI is InChI=1S/C15H18O4/c1-7-6-9-8(2)10-11(13(17)18-12(10)16)14(3,4)15(9,5)19-7/h6,9,11H,1-5H3. The zero-order chi connectivity index (χ0) is 14.2. The Morgan fingerprint density at radius 1 is 1.16 bits per heavy atom. The lowest BCUT2D eigenvalue weighted by atomic mass is 9.55. The first-order valence-corrected chi connectivity index (χ1v) is 6.54. The van der Waals surface area contributed by atoms with Crippen molar-refractivity contribution < 1.29 is 19.1 Å². The molecule has 0 aromatic carbocycles. The first-order chi connectivity index (χ1) is 8.70. The molecule has 2 aliphatic heterocycles. The highest BCUT2D eigenvalue weighted by atomic mass is 16.6. The summed E-state index contributed by atoms with van der Waals surface area (Å²) < 4.78 is 10.9. The highest BCUT2D eigenvalue weighted by Crippen LogP contribution is 2.59. The smallest absolute Gasteiger partial charge is 0.342 e. The fourth-order valence-electron chi connectivity index (χ4n) is 3.84. The fraction of sp³-hybridized carbons (Fsp3) is 0.600. The van der Waals surface area contributed by atoms with Crippen LogP contribution in [0.5, 0.6) is 0 Å². The molecule has 0 saturated carbocycles. The van der Waals surface area contributed by atoms with Crippen molar-refractivity contribution >= 4 is 11.9 Å². The Balaban J connectivity index is 2.27. The van der Waals surface area contributed by atoms with Crippen molar-refractivity contribution in [2.24, 2.45) is 17.3 Å². The zero-order valence-corrected chi connectivity index (χ0v) is 11.9. The summed E-state index contributed by atoms with van der Waals surface area (Å²) in [6, 6.07) is 0. The highest BCUT2D eigenvalue weighted by Gasteiger charge is 2.65. The summed E-state index contributed by atoms with van der Waals surface area (Å²) in [5.74, 6) is -0.591. The second-order valence-electron chi connectivity index (χ2n) is 6.42. The molecule has 3 atom stereocenters. The number of hydrogen-bond donors (Lipinski definition) is 0. The minimum atomic E-state index is -0.527. The van der Waals surface area contributed by atoms with E-state index in [1.807, 2.05) is 40.7 Å². The van der Waals surface area contributed by atoms with E-state index in [2.05, 4.69) is 0 Å². The average Bonchev–Trinajstić information content (AvgIpc) is 2.75. The molecule has 0 amide bonds. The molecule has 0 N–H and O–H groups in total. The molecule has 3 unspecified atom stereocenters. The lowest BCUT2D eigenvalue weighted by Crippen LogP contribution is -2.55. The Kier molecular flexibility index (Phi) is 2.16. The van der Waals surface area contributed by atoms with Crippen LogP contribution in [-0.2, 0) is 19.1 Å². The van der Waals surface area contributed by atoms with E-state index in [0.29, 0.717) is 5.57 Å². The number of ether oxygens (including phenoxy) is 2. The van der Waals surface area contributed by atoms with Crippen molar-refractivity contribution in [2.45, 2.75) is 40.2 Å². The number of fused-ring (bicyclic) bond motifs is 2. The van der Waals surface area contributed by atoms with Gasteiger partial charge in [-0.1, -0.05) is 19.4 Å². The Bertz CT molecular complexity index is 567. The van der Waals surface area contributed by atoms with E-state index >= 15 is 0 Å². The van der Waals surface area contributed by atoms with Crippen LogP contribution in [0.25, 0.3) is 0 Å². The summed E-state index contributed by atoms with van der Waals surface area (Å²) in [4.78, 5) is 24.0. The molecular formula is C15H18O4. The van der Waals surface area contributed by atoms with E-state index in [9.17, 15) is 9.59 Å². The minimum absolute atomic E-state index is 0.0206. The molecule has 0 aromatic heterocycles. The van der Waals surface area contributed by atoms with Crippen LogP contribution in [0.1, 0.15) is 34.6 Å². The van der Waals surface area contributed by atoms with Gasteiger partial charge in [0.05, 0.1) is 17.3 Å². The third kappa shape index (κ3) is 1.24. The van der Waals surface area contributed by atoms with Crippen molar-refractivity contribution in [3.63, 3.8) is 0 Å². The number of esters is 2. The molecule has 0 bridgehead atoms. The van der Waals surface area contributed by atoms with E-state index in [-0.39, 0.29) is 5.92 Å². The van der Waals surface area contributed by atoms with Crippen molar-refractivity contribution in [1.29, 1.82) is 0 Å². The molecule has 0 radical (unpaired) electrons. The Hall–Kier alpha value is -1.58. The number of hydrogen-bond acceptors (Lipinski definition) is 4. The fourth-order valence-corrected chi connectivity index (χ4v) is 3.84. The third-order valence-corrected chi connectivity index (χ3v) is 5.20. The average molecular weight is 262 g/mol. The lowest BCUT2D eigenvalue weighted by molar-refractivity contribution is -0.159. The molecule has 4 nitrogen and oxygen atoms in total. The maximum Gasteiger partial charge on any atom is 0.342 e. The molecule has 4 heteroatoms. The summed E-state index contributed by atoms with van der Waals surface area (Å²) in [5.41, 5.74) is 0.426. The van der Waals surface area contributed by atoms with Crippen LogP contribution < -0.4 is 0 Å². The van der Waals surface area contributed by atoms with Gasteiger partial charge in [-0.05, 0) is 26.8 Å². The van der Waals surface area contributed by atoms with Gasteiger partial charge in [0.2, 0.25) is 0 Å². The molecule has 0 aromatic rings. The quantitative estimate of drug-likeness (QED) is 0.496. The summed E-state index contributed by atoms with van der Waals surface area (Å²) in [5, 5.41) is 0. The predicted molar refractivity (Wildman–Crippen MR) is 67.8 cm³/mol. The van der Waals surface area contributed by atoms with E-state index in [4.69, 9.17) is 9.47 Å². The zero-order valence-electron chi connectivity index (χ0n) is 11.9. The van der Waals surface area contributed by atoms with E-state index in [0.717, 1.165) is 11.3 Å². The van der Waals surface area contributed by atoms with Crippen molar-refractivity contribution in [2.75, 3.05) is 0 Å². The maximum atomic E-state index is 12.0. The number of carbonyl (C=O) groups is 2. The lowest BCUT2D eigenvalue weighted by Gasteiger charge is -2.50. The first kappa shape index (κ1) is 12.5. The predicted octanol–water partition coefficient (Wildman–Crippen LogP) is 2.35. The Morgan fingerprint density at radius 2 is 1.79 bits per heavy atom.